The van der Waals surface area contributed by atoms with E-state index in [0.717, 1.165) is 5.56 Å². The van der Waals surface area contributed by atoms with Crippen molar-refractivity contribution < 1.29 is 9.53 Å². The van der Waals surface area contributed by atoms with E-state index in [1.54, 1.807) is 25.3 Å². The van der Waals surface area contributed by atoms with Crippen molar-refractivity contribution in [2.24, 2.45) is 0 Å². The van der Waals surface area contributed by atoms with Gasteiger partial charge in [-0.2, -0.15) is 0 Å². The summed E-state index contributed by atoms with van der Waals surface area (Å²) in [5.41, 5.74) is 1.64. The van der Waals surface area contributed by atoms with Gasteiger partial charge in [0.05, 0.1) is 7.11 Å². The second-order valence-corrected chi connectivity index (χ2v) is 4.77. The van der Waals surface area contributed by atoms with Crippen molar-refractivity contribution in [3.63, 3.8) is 0 Å². The maximum absolute atomic E-state index is 12.1. The maximum Gasteiger partial charge on any atom is 0.166 e. The fraction of sp³-hybridized carbons (Fsp3) is 0.167. The topological polar surface area (TPSA) is 26.3 Å². The number of carbonyl (C=O) groups is 1. The molecule has 0 atom stereocenters. The van der Waals surface area contributed by atoms with E-state index in [-0.39, 0.29) is 5.78 Å². The van der Waals surface area contributed by atoms with Gasteiger partial charge in [-0.3, -0.25) is 4.79 Å². The van der Waals surface area contributed by atoms with Crippen molar-refractivity contribution in [2.75, 3.05) is 7.11 Å². The van der Waals surface area contributed by atoms with Crippen molar-refractivity contribution in [1.82, 2.24) is 0 Å². The number of ether oxygens (including phenoxy) is 1. The third-order valence-electron chi connectivity index (χ3n) is 2.83. The van der Waals surface area contributed by atoms with Gasteiger partial charge in [-0.25, -0.2) is 0 Å². The quantitative estimate of drug-likeness (QED) is 0.403. The molecule has 0 fully saturated rings. The minimum atomic E-state index is 0.0443. The molecule has 0 spiro atoms. The van der Waals surface area contributed by atoms with Crippen molar-refractivity contribution in [3.8, 4) is 0 Å². The van der Waals surface area contributed by atoms with Crippen LogP contribution in [0.2, 0.25) is 5.02 Å². The number of methoxy groups -OCH3 is 1. The Labute approximate surface area is 131 Å². The molecule has 0 amide bonds. The smallest absolute Gasteiger partial charge is 0.166 e. The molecule has 2 nitrogen and oxygen atoms in total. The summed E-state index contributed by atoms with van der Waals surface area (Å²) in [7, 11) is 1.54. The fourth-order valence-corrected chi connectivity index (χ4v) is 1.72. The molecule has 0 unspecified atom stereocenters. The van der Waals surface area contributed by atoms with E-state index in [4.69, 9.17) is 16.3 Å². The SMILES string of the molecule is C=C(/C=C\C(=C/C)C(=O)C/C=C/c1ccc(Cl)cc1)OC. The molecule has 0 N–H and O–H groups in total. The van der Waals surface area contributed by atoms with Gasteiger partial charge in [-0.15, -0.1) is 0 Å². The standard InChI is InChI=1S/C18H19ClO2/c1-4-16(11-8-14(2)21-3)18(20)7-5-6-15-9-12-17(19)13-10-15/h4-6,8-13H,2,7H2,1,3H3/b6-5+,11-8-,16-4+. The number of hydrogen-bond acceptors (Lipinski definition) is 2. The van der Waals surface area contributed by atoms with Crippen LogP contribution in [0.25, 0.3) is 6.08 Å². The largest absolute Gasteiger partial charge is 0.497 e. The van der Waals surface area contributed by atoms with Gasteiger partial charge in [0.25, 0.3) is 0 Å². The zero-order chi connectivity index (χ0) is 15.7. The number of hydrogen-bond donors (Lipinski definition) is 0. The molecule has 0 saturated heterocycles. The van der Waals surface area contributed by atoms with E-state index in [1.807, 2.05) is 43.3 Å². The van der Waals surface area contributed by atoms with Crippen molar-refractivity contribution in [2.45, 2.75) is 13.3 Å². The molecule has 0 aliphatic heterocycles. The molecule has 0 bridgehead atoms. The summed E-state index contributed by atoms with van der Waals surface area (Å²) in [4.78, 5) is 12.1. The van der Waals surface area contributed by atoms with Crippen LogP contribution < -0.4 is 0 Å². The van der Waals surface area contributed by atoms with Crippen LogP contribution in [0.5, 0.6) is 0 Å². The summed E-state index contributed by atoms with van der Waals surface area (Å²) in [6.45, 7) is 5.50. The molecule has 0 radical (unpaired) electrons. The van der Waals surface area contributed by atoms with E-state index in [0.29, 0.717) is 22.8 Å². The monoisotopic (exact) mass is 302 g/mol. The predicted octanol–water partition coefficient (Wildman–Crippen LogP) is 4.98. The Morgan fingerprint density at radius 3 is 2.52 bits per heavy atom. The van der Waals surface area contributed by atoms with Crippen LogP contribution in [0.3, 0.4) is 0 Å². The van der Waals surface area contributed by atoms with Crippen molar-refractivity contribution in [1.29, 1.82) is 0 Å². The summed E-state index contributed by atoms with van der Waals surface area (Å²) in [5, 5.41) is 0.697. The molecular weight excluding hydrogens is 284 g/mol. The van der Waals surface area contributed by atoms with E-state index in [1.165, 1.54) is 0 Å². The van der Waals surface area contributed by atoms with Gasteiger partial charge in [0.15, 0.2) is 5.78 Å². The highest BCUT2D eigenvalue weighted by atomic mass is 35.5. The Balaban J connectivity index is 2.61. The van der Waals surface area contributed by atoms with Gasteiger partial charge < -0.3 is 4.74 Å². The van der Waals surface area contributed by atoms with Crippen molar-refractivity contribution in [3.05, 3.63) is 77.1 Å². The van der Waals surface area contributed by atoms with E-state index in [2.05, 4.69) is 6.58 Å². The van der Waals surface area contributed by atoms with E-state index in [9.17, 15) is 4.79 Å². The number of allylic oxidation sites excluding steroid dienone is 5. The zero-order valence-electron chi connectivity index (χ0n) is 12.3. The van der Waals surface area contributed by atoms with Crippen LogP contribution in [-0.4, -0.2) is 12.9 Å². The zero-order valence-corrected chi connectivity index (χ0v) is 13.1. The summed E-state index contributed by atoms with van der Waals surface area (Å²) in [5.74, 6) is 0.557. The predicted molar refractivity (Wildman–Crippen MR) is 89.2 cm³/mol. The molecule has 0 aromatic heterocycles. The van der Waals surface area contributed by atoms with Crippen LogP contribution in [-0.2, 0) is 9.53 Å². The summed E-state index contributed by atoms with van der Waals surface area (Å²) in [6, 6.07) is 7.45. The van der Waals surface area contributed by atoms with Crippen LogP contribution in [0.15, 0.2) is 66.5 Å². The highest BCUT2D eigenvalue weighted by molar-refractivity contribution is 6.30. The highest BCUT2D eigenvalue weighted by Crippen LogP contribution is 2.12. The lowest BCUT2D eigenvalue weighted by Crippen LogP contribution is -1.98. The first kappa shape index (κ1) is 17.0. The van der Waals surface area contributed by atoms with Crippen LogP contribution >= 0.6 is 11.6 Å². The second kappa shape index (κ2) is 8.98. The average molecular weight is 303 g/mol. The number of benzene rings is 1. The van der Waals surface area contributed by atoms with Gasteiger partial charge in [0, 0.05) is 17.0 Å². The number of halogens is 1. The molecule has 0 aliphatic rings. The van der Waals surface area contributed by atoms with Crippen molar-refractivity contribution >= 4 is 23.5 Å². The Kier molecular flexibility index (Phi) is 7.27. The first-order valence-corrected chi connectivity index (χ1v) is 6.97. The maximum atomic E-state index is 12.1. The second-order valence-electron chi connectivity index (χ2n) is 4.33. The lowest BCUT2D eigenvalue weighted by atomic mass is 10.1. The molecule has 1 aromatic rings. The summed E-state index contributed by atoms with van der Waals surface area (Å²) < 4.78 is 4.93. The van der Waals surface area contributed by atoms with Gasteiger partial charge in [0.2, 0.25) is 0 Å². The normalized spacial score (nSPS) is 12.0. The van der Waals surface area contributed by atoms with Crippen LogP contribution in [0.4, 0.5) is 0 Å². The Morgan fingerprint density at radius 2 is 1.95 bits per heavy atom. The third-order valence-corrected chi connectivity index (χ3v) is 3.08. The first-order chi connectivity index (χ1) is 10.1. The molecule has 0 aliphatic carbocycles. The minimum absolute atomic E-state index is 0.0443. The molecule has 1 rings (SSSR count). The fourth-order valence-electron chi connectivity index (χ4n) is 1.59. The van der Waals surface area contributed by atoms with Gasteiger partial charge in [0.1, 0.15) is 5.76 Å². The summed E-state index contributed by atoms with van der Waals surface area (Å²) >= 11 is 5.82. The highest BCUT2D eigenvalue weighted by Gasteiger charge is 2.03. The van der Waals surface area contributed by atoms with E-state index < -0.39 is 0 Å². The molecule has 110 valence electrons. The number of Topliss-reactive ketones (excluding diaryl/α,β-unsaturated/α-hetero) is 1. The van der Waals surface area contributed by atoms with Gasteiger partial charge in [-0.05, 0) is 36.8 Å². The Morgan fingerprint density at radius 1 is 1.29 bits per heavy atom. The number of carbonyl (C=O) groups excluding carboxylic acids is 1. The Hall–Kier alpha value is -2.06. The molecule has 0 heterocycles. The van der Waals surface area contributed by atoms with Gasteiger partial charge >= 0.3 is 0 Å². The minimum Gasteiger partial charge on any atom is -0.497 e. The third kappa shape index (κ3) is 6.28. The number of rotatable bonds is 7. The van der Waals surface area contributed by atoms with Crippen LogP contribution in [0.1, 0.15) is 18.9 Å². The van der Waals surface area contributed by atoms with E-state index >= 15 is 0 Å². The van der Waals surface area contributed by atoms with Crippen LogP contribution in [0, 0.1) is 0 Å². The lowest BCUT2D eigenvalue weighted by Gasteiger charge is -2.00. The molecule has 1 aromatic carbocycles. The summed E-state index contributed by atoms with van der Waals surface area (Å²) in [6.07, 6.45) is 9.25. The molecule has 21 heavy (non-hydrogen) atoms. The lowest BCUT2D eigenvalue weighted by molar-refractivity contribution is -0.114. The average Bonchev–Trinajstić information content (AvgIpc) is 2.49. The first-order valence-electron chi connectivity index (χ1n) is 6.59. The number of ketones is 1. The Bertz CT molecular complexity index is 578. The van der Waals surface area contributed by atoms with Gasteiger partial charge in [-0.1, -0.05) is 48.5 Å². The molecule has 3 heteroatoms. The molecular formula is C18H19ClO2. The molecule has 0 saturated carbocycles.